The van der Waals surface area contributed by atoms with Gasteiger partial charge in [0.25, 0.3) is 0 Å². The Bertz CT molecular complexity index is 326. The molecule has 3 nitrogen and oxygen atoms in total. The molecule has 0 aliphatic carbocycles. The SMILES string of the molecule is CC(C)(CCO)c1ccnc(Cl)c1N. The molecule has 0 aliphatic rings. The van der Waals surface area contributed by atoms with Gasteiger partial charge in [0.2, 0.25) is 0 Å². The van der Waals surface area contributed by atoms with Crippen LogP contribution in [0.2, 0.25) is 5.15 Å². The molecule has 1 aromatic rings. The van der Waals surface area contributed by atoms with Crippen molar-refractivity contribution >= 4 is 17.3 Å². The lowest BCUT2D eigenvalue weighted by Crippen LogP contribution is -2.20. The Hall–Kier alpha value is -0.800. The Labute approximate surface area is 88.9 Å². The van der Waals surface area contributed by atoms with Gasteiger partial charge < -0.3 is 10.8 Å². The van der Waals surface area contributed by atoms with Gasteiger partial charge in [-0.1, -0.05) is 25.4 Å². The predicted octanol–water partition coefficient (Wildman–Crippen LogP) is 1.98. The van der Waals surface area contributed by atoms with E-state index in [4.69, 9.17) is 22.4 Å². The highest BCUT2D eigenvalue weighted by Crippen LogP contribution is 2.33. The molecular formula is C10H15ClN2O. The van der Waals surface area contributed by atoms with Crippen LogP contribution in [0.3, 0.4) is 0 Å². The van der Waals surface area contributed by atoms with Gasteiger partial charge in [0.1, 0.15) is 0 Å². The molecule has 0 spiro atoms. The van der Waals surface area contributed by atoms with Gasteiger partial charge >= 0.3 is 0 Å². The molecule has 0 fully saturated rings. The lowest BCUT2D eigenvalue weighted by Gasteiger charge is -2.25. The van der Waals surface area contributed by atoms with E-state index in [9.17, 15) is 0 Å². The molecule has 0 atom stereocenters. The number of anilines is 1. The van der Waals surface area contributed by atoms with E-state index < -0.39 is 0 Å². The minimum absolute atomic E-state index is 0.131. The smallest absolute Gasteiger partial charge is 0.152 e. The summed E-state index contributed by atoms with van der Waals surface area (Å²) in [7, 11) is 0. The molecule has 0 saturated heterocycles. The molecule has 0 bridgehead atoms. The standard InChI is InChI=1S/C10H15ClN2O/c1-10(2,4-6-14)7-3-5-13-9(11)8(7)12/h3,5,14H,4,6,12H2,1-2H3. The number of hydrogen-bond donors (Lipinski definition) is 2. The summed E-state index contributed by atoms with van der Waals surface area (Å²) in [4.78, 5) is 3.89. The monoisotopic (exact) mass is 214 g/mol. The Morgan fingerprint density at radius 2 is 2.21 bits per heavy atom. The molecule has 0 radical (unpaired) electrons. The highest BCUT2D eigenvalue weighted by atomic mass is 35.5. The molecule has 3 N–H and O–H groups in total. The second-order valence-corrected chi connectivity index (χ2v) is 4.28. The molecule has 1 heterocycles. The molecular weight excluding hydrogens is 200 g/mol. The van der Waals surface area contributed by atoms with Gasteiger partial charge in [-0.15, -0.1) is 0 Å². The van der Waals surface area contributed by atoms with Crippen LogP contribution in [0.4, 0.5) is 5.69 Å². The number of rotatable bonds is 3. The van der Waals surface area contributed by atoms with Crippen molar-refractivity contribution in [2.45, 2.75) is 25.7 Å². The van der Waals surface area contributed by atoms with Gasteiger partial charge in [0, 0.05) is 12.8 Å². The van der Waals surface area contributed by atoms with E-state index in [1.165, 1.54) is 0 Å². The van der Waals surface area contributed by atoms with E-state index in [1.807, 2.05) is 19.9 Å². The Morgan fingerprint density at radius 1 is 1.57 bits per heavy atom. The summed E-state index contributed by atoms with van der Waals surface area (Å²) < 4.78 is 0. The van der Waals surface area contributed by atoms with Crippen LogP contribution in [0.25, 0.3) is 0 Å². The highest BCUT2D eigenvalue weighted by Gasteiger charge is 2.23. The van der Waals surface area contributed by atoms with Crippen molar-refractivity contribution in [3.63, 3.8) is 0 Å². The van der Waals surface area contributed by atoms with Gasteiger partial charge in [0.05, 0.1) is 5.69 Å². The van der Waals surface area contributed by atoms with Crippen molar-refractivity contribution in [1.29, 1.82) is 0 Å². The van der Waals surface area contributed by atoms with E-state index in [1.54, 1.807) is 6.20 Å². The number of nitrogens with two attached hydrogens (primary N) is 1. The van der Waals surface area contributed by atoms with Crippen molar-refractivity contribution < 1.29 is 5.11 Å². The summed E-state index contributed by atoms with van der Waals surface area (Å²) in [6, 6.07) is 1.84. The lowest BCUT2D eigenvalue weighted by molar-refractivity contribution is 0.252. The molecule has 14 heavy (non-hydrogen) atoms. The molecule has 1 rings (SSSR count). The van der Waals surface area contributed by atoms with E-state index in [0.717, 1.165) is 5.56 Å². The van der Waals surface area contributed by atoms with Crippen molar-refractivity contribution in [2.75, 3.05) is 12.3 Å². The van der Waals surface area contributed by atoms with Gasteiger partial charge in [-0.3, -0.25) is 0 Å². The first-order valence-corrected chi connectivity index (χ1v) is 4.88. The van der Waals surface area contributed by atoms with Crippen LogP contribution in [0.5, 0.6) is 0 Å². The van der Waals surface area contributed by atoms with Crippen molar-refractivity contribution in [3.8, 4) is 0 Å². The number of nitrogens with zero attached hydrogens (tertiary/aromatic N) is 1. The first-order valence-electron chi connectivity index (χ1n) is 4.50. The largest absolute Gasteiger partial charge is 0.396 e. The number of nitrogen functional groups attached to an aromatic ring is 1. The first kappa shape index (κ1) is 11.3. The first-order chi connectivity index (χ1) is 6.49. The maximum atomic E-state index is 8.93. The molecule has 0 unspecified atom stereocenters. The maximum Gasteiger partial charge on any atom is 0.152 e. The van der Waals surface area contributed by atoms with E-state index in [-0.39, 0.29) is 12.0 Å². The summed E-state index contributed by atoms with van der Waals surface area (Å²) in [5, 5.41) is 9.26. The normalized spacial score (nSPS) is 11.7. The van der Waals surface area contributed by atoms with E-state index in [0.29, 0.717) is 17.3 Å². The third-order valence-corrected chi connectivity index (χ3v) is 2.71. The van der Waals surface area contributed by atoms with Crippen molar-refractivity contribution in [3.05, 3.63) is 23.0 Å². The zero-order valence-corrected chi connectivity index (χ0v) is 9.17. The Morgan fingerprint density at radius 3 is 2.79 bits per heavy atom. The fourth-order valence-corrected chi connectivity index (χ4v) is 1.61. The predicted molar refractivity (Wildman–Crippen MR) is 58.4 cm³/mol. The number of aromatic nitrogens is 1. The van der Waals surface area contributed by atoms with Gasteiger partial charge in [-0.25, -0.2) is 4.98 Å². The van der Waals surface area contributed by atoms with Crippen molar-refractivity contribution in [1.82, 2.24) is 4.98 Å². The van der Waals surface area contributed by atoms with Gasteiger partial charge in [-0.05, 0) is 23.5 Å². The summed E-state index contributed by atoms with van der Waals surface area (Å²) in [5.41, 5.74) is 7.09. The molecule has 4 heteroatoms. The highest BCUT2D eigenvalue weighted by molar-refractivity contribution is 6.32. The molecule has 0 aliphatic heterocycles. The van der Waals surface area contributed by atoms with Crippen LogP contribution >= 0.6 is 11.6 Å². The second-order valence-electron chi connectivity index (χ2n) is 3.92. The third kappa shape index (κ3) is 2.16. The summed E-state index contributed by atoms with van der Waals surface area (Å²) in [6.07, 6.45) is 2.28. The number of halogens is 1. The average molecular weight is 215 g/mol. The number of pyridine rings is 1. The van der Waals surface area contributed by atoms with Crippen LogP contribution in [-0.4, -0.2) is 16.7 Å². The minimum atomic E-state index is -0.175. The lowest BCUT2D eigenvalue weighted by atomic mass is 9.81. The average Bonchev–Trinajstić information content (AvgIpc) is 2.09. The van der Waals surface area contributed by atoms with E-state index >= 15 is 0 Å². The summed E-state index contributed by atoms with van der Waals surface area (Å²) in [5.74, 6) is 0. The minimum Gasteiger partial charge on any atom is -0.396 e. The zero-order chi connectivity index (χ0) is 10.8. The van der Waals surface area contributed by atoms with Crippen LogP contribution in [-0.2, 0) is 5.41 Å². The van der Waals surface area contributed by atoms with Gasteiger partial charge in [0.15, 0.2) is 5.15 Å². The van der Waals surface area contributed by atoms with Crippen LogP contribution in [0, 0.1) is 0 Å². The molecule has 78 valence electrons. The number of aliphatic hydroxyl groups is 1. The fourth-order valence-electron chi connectivity index (χ4n) is 1.45. The van der Waals surface area contributed by atoms with Gasteiger partial charge in [-0.2, -0.15) is 0 Å². The maximum absolute atomic E-state index is 8.93. The Balaban J connectivity index is 3.12. The van der Waals surface area contributed by atoms with Crippen LogP contribution in [0.1, 0.15) is 25.8 Å². The number of aliphatic hydroxyl groups excluding tert-OH is 1. The zero-order valence-electron chi connectivity index (χ0n) is 8.42. The quantitative estimate of drug-likeness (QED) is 0.757. The second kappa shape index (κ2) is 4.15. The molecule has 0 saturated carbocycles. The van der Waals surface area contributed by atoms with Crippen LogP contribution < -0.4 is 5.73 Å². The fraction of sp³-hybridized carbons (Fsp3) is 0.500. The Kier molecular flexibility index (Phi) is 3.34. The topological polar surface area (TPSA) is 59.1 Å². The van der Waals surface area contributed by atoms with E-state index in [2.05, 4.69) is 4.98 Å². The molecule has 1 aromatic heterocycles. The summed E-state index contributed by atoms with van der Waals surface area (Å²) >= 11 is 5.82. The number of hydrogen-bond acceptors (Lipinski definition) is 3. The molecule has 0 aromatic carbocycles. The third-order valence-electron chi connectivity index (χ3n) is 2.41. The summed E-state index contributed by atoms with van der Waals surface area (Å²) in [6.45, 7) is 4.17. The van der Waals surface area contributed by atoms with Crippen LogP contribution in [0.15, 0.2) is 12.3 Å². The molecule has 0 amide bonds. The van der Waals surface area contributed by atoms with Crippen molar-refractivity contribution in [2.24, 2.45) is 0 Å².